The predicted molar refractivity (Wildman–Crippen MR) is 53.7 cm³/mol. The topological polar surface area (TPSA) is 53.2 Å². The summed E-state index contributed by atoms with van der Waals surface area (Å²) >= 11 is 5.65. The first-order valence-electron chi connectivity index (χ1n) is 4.42. The molecule has 7 heteroatoms. The van der Waals surface area contributed by atoms with Crippen LogP contribution in [0.5, 0.6) is 5.75 Å². The van der Waals surface area contributed by atoms with Crippen LogP contribution in [0.3, 0.4) is 0 Å². The van der Waals surface area contributed by atoms with Gasteiger partial charge in [0.2, 0.25) is 0 Å². The number of alkyl halides is 3. The van der Waals surface area contributed by atoms with Crippen molar-refractivity contribution in [3.8, 4) is 11.8 Å². The molecule has 92 valence electrons. The molecule has 3 nitrogen and oxygen atoms in total. The van der Waals surface area contributed by atoms with Crippen molar-refractivity contribution in [2.45, 2.75) is 12.3 Å². The van der Waals surface area contributed by atoms with E-state index in [-0.39, 0.29) is 16.3 Å². The van der Waals surface area contributed by atoms with Gasteiger partial charge in [-0.15, -0.1) is 0 Å². The maximum Gasteiger partial charge on any atom is 0.417 e. The third-order valence-electron chi connectivity index (χ3n) is 1.85. The van der Waals surface area contributed by atoms with Crippen molar-refractivity contribution in [2.24, 2.45) is 0 Å². The molecule has 0 aliphatic carbocycles. The Morgan fingerprint density at radius 2 is 2.12 bits per heavy atom. The van der Waals surface area contributed by atoms with Crippen LogP contribution in [0.15, 0.2) is 18.2 Å². The van der Waals surface area contributed by atoms with Gasteiger partial charge in [-0.2, -0.15) is 18.4 Å². The molecule has 0 spiro atoms. The zero-order valence-electron chi connectivity index (χ0n) is 8.33. The molecule has 17 heavy (non-hydrogen) atoms. The van der Waals surface area contributed by atoms with Gasteiger partial charge in [0.15, 0.2) is 6.10 Å². The average molecular weight is 266 g/mol. The summed E-state index contributed by atoms with van der Waals surface area (Å²) in [6, 6.07) is 5.62. The minimum atomic E-state index is -4.73. The van der Waals surface area contributed by atoms with E-state index in [4.69, 9.17) is 26.7 Å². The van der Waals surface area contributed by atoms with Crippen LogP contribution in [0, 0.1) is 11.3 Å². The number of benzene rings is 1. The maximum atomic E-state index is 12.0. The second-order valence-electron chi connectivity index (χ2n) is 3.12. The van der Waals surface area contributed by atoms with Gasteiger partial charge in [-0.25, -0.2) is 0 Å². The summed E-state index contributed by atoms with van der Waals surface area (Å²) in [5.41, 5.74) is 0.190. The van der Waals surface area contributed by atoms with Crippen LogP contribution >= 0.6 is 11.6 Å². The number of aliphatic hydroxyl groups excluding tert-OH is 1. The molecule has 1 aromatic rings. The van der Waals surface area contributed by atoms with Crippen molar-refractivity contribution in [3.63, 3.8) is 0 Å². The fourth-order valence-corrected chi connectivity index (χ4v) is 1.16. The lowest BCUT2D eigenvalue weighted by Gasteiger charge is -2.15. The number of ether oxygens (including phenoxy) is 1. The Bertz CT molecular complexity index is 442. The standard InChI is InChI=1S/C10H7ClF3NO2/c11-8-3-7(2-1-6(8)4-15)17-5-9(16)10(12,13)14/h1-3,9,16H,5H2. The SMILES string of the molecule is N#Cc1ccc(OCC(O)C(F)(F)F)cc1Cl. The summed E-state index contributed by atoms with van der Waals surface area (Å²) < 4.78 is 40.6. The molecule has 1 N–H and O–H groups in total. The first kappa shape index (κ1) is 13.6. The normalized spacial score (nSPS) is 12.9. The number of rotatable bonds is 3. The van der Waals surface area contributed by atoms with Crippen molar-refractivity contribution in [1.29, 1.82) is 5.26 Å². The van der Waals surface area contributed by atoms with E-state index in [0.717, 1.165) is 0 Å². The number of nitriles is 1. The van der Waals surface area contributed by atoms with Crippen molar-refractivity contribution in [3.05, 3.63) is 28.8 Å². The second kappa shape index (κ2) is 5.25. The van der Waals surface area contributed by atoms with Crippen LogP contribution in [-0.4, -0.2) is 24.0 Å². The minimum absolute atomic E-state index is 0.0531. The van der Waals surface area contributed by atoms with Gasteiger partial charge in [-0.1, -0.05) is 11.6 Å². The Balaban J connectivity index is 2.66. The summed E-state index contributed by atoms with van der Waals surface area (Å²) in [5.74, 6) is 0.0531. The van der Waals surface area contributed by atoms with Crippen LogP contribution in [0.4, 0.5) is 13.2 Å². The van der Waals surface area contributed by atoms with E-state index in [9.17, 15) is 13.2 Å². The van der Waals surface area contributed by atoms with Crippen molar-refractivity contribution >= 4 is 11.6 Å². The van der Waals surface area contributed by atoms with Crippen LogP contribution in [0.2, 0.25) is 5.02 Å². The molecule has 0 saturated carbocycles. The van der Waals surface area contributed by atoms with Gasteiger partial charge in [-0.3, -0.25) is 0 Å². The molecular formula is C10H7ClF3NO2. The number of hydrogen-bond acceptors (Lipinski definition) is 3. The van der Waals surface area contributed by atoms with Gasteiger partial charge < -0.3 is 9.84 Å². The summed E-state index contributed by atoms with van der Waals surface area (Å²) in [4.78, 5) is 0. The van der Waals surface area contributed by atoms with Crippen LogP contribution in [0.25, 0.3) is 0 Å². The quantitative estimate of drug-likeness (QED) is 0.914. The lowest BCUT2D eigenvalue weighted by Crippen LogP contribution is -2.34. The predicted octanol–water partition coefficient (Wildman–Crippen LogP) is 2.51. The highest BCUT2D eigenvalue weighted by Gasteiger charge is 2.38. The summed E-state index contributed by atoms with van der Waals surface area (Å²) in [6.45, 7) is -0.925. The largest absolute Gasteiger partial charge is 0.490 e. The van der Waals surface area contributed by atoms with E-state index >= 15 is 0 Å². The van der Waals surface area contributed by atoms with E-state index in [0.29, 0.717) is 0 Å². The van der Waals surface area contributed by atoms with Gasteiger partial charge in [0.1, 0.15) is 18.4 Å². The molecule has 1 unspecified atom stereocenters. The van der Waals surface area contributed by atoms with Crippen LogP contribution < -0.4 is 4.74 Å². The Labute approximate surface area is 100.0 Å². The van der Waals surface area contributed by atoms with Crippen molar-refractivity contribution in [1.82, 2.24) is 0 Å². The van der Waals surface area contributed by atoms with Gasteiger partial charge >= 0.3 is 6.18 Å². The molecule has 0 radical (unpaired) electrons. The third-order valence-corrected chi connectivity index (χ3v) is 2.16. The van der Waals surface area contributed by atoms with E-state index < -0.39 is 18.9 Å². The molecule has 0 aromatic heterocycles. The lowest BCUT2D eigenvalue weighted by atomic mass is 10.2. The molecule has 0 aliphatic heterocycles. The average Bonchev–Trinajstić information content (AvgIpc) is 2.24. The highest BCUT2D eigenvalue weighted by molar-refractivity contribution is 6.31. The van der Waals surface area contributed by atoms with Crippen molar-refractivity contribution < 1.29 is 23.0 Å². The Morgan fingerprint density at radius 1 is 1.47 bits per heavy atom. The number of nitrogens with zero attached hydrogens (tertiary/aromatic N) is 1. The van der Waals surface area contributed by atoms with Crippen LogP contribution in [-0.2, 0) is 0 Å². The smallest absolute Gasteiger partial charge is 0.417 e. The minimum Gasteiger partial charge on any atom is -0.490 e. The lowest BCUT2D eigenvalue weighted by molar-refractivity contribution is -0.210. The second-order valence-corrected chi connectivity index (χ2v) is 3.53. The molecule has 0 bridgehead atoms. The Morgan fingerprint density at radius 3 is 2.59 bits per heavy atom. The number of halogens is 4. The first-order chi connectivity index (χ1) is 7.84. The molecule has 0 heterocycles. The molecule has 1 atom stereocenters. The fourth-order valence-electron chi connectivity index (χ4n) is 0.946. The zero-order chi connectivity index (χ0) is 13.1. The summed E-state index contributed by atoms with van der Waals surface area (Å²) in [6.07, 6.45) is -7.28. The monoisotopic (exact) mass is 265 g/mol. The highest BCUT2D eigenvalue weighted by atomic mass is 35.5. The molecule has 0 amide bonds. The van der Waals surface area contributed by atoms with E-state index in [1.165, 1.54) is 18.2 Å². The molecule has 0 saturated heterocycles. The Kier molecular flexibility index (Phi) is 4.21. The Hall–Kier alpha value is -1.45. The van der Waals surface area contributed by atoms with E-state index in [2.05, 4.69) is 0 Å². The van der Waals surface area contributed by atoms with Gasteiger partial charge in [-0.05, 0) is 12.1 Å². The molecule has 1 rings (SSSR count). The molecular weight excluding hydrogens is 259 g/mol. The molecule has 0 aliphatic rings. The van der Waals surface area contributed by atoms with Crippen LogP contribution in [0.1, 0.15) is 5.56 Å². The summed E-state index contributed by atoms with van der Waals surface area (Å²) in [5, 5.41) is 17.3. The van der Waals surface area contributed by atoms with Gasteiger partial charge in [0.05, 0.1) is 10.6 Å². The highest BCUT2D eigenvalue weighted by Crippen LogP contribution is 2.24. The number of hydrogen-bond donors (Lipinski definition) is 1. The maximum absolute atomic E-state index is 12.0. The fraction of sp³-hybridized carbons (Fsp3) is 0.300. The zero-order valence-corrected chi connectivity index (χ0v) is 9.09. The summed E-state index contributed by atoms with van der Waals surface area (Å²) in [7, 11) is 0. The molecule has 0 fully saturated rings. The van der Waals surface area contributed by atoms with E-state index in [1.54, 1.807) is 6.07 Å². The number of aliphatic hydroxyl groups is 1. The van der Waals surface area contributed by atoms with Crippen molar-refractivity contribution in [2.75, 3.05) is 6.61 Å². The van der Waals surface area contributed by atoms with Gasteiger partial charge in [0, 0.05) is 6.07 Å². The molecule has 1 aromatic carbocycles. The van der Waals surface area contributed by atoms with Gasteiger partial charge in [0.25, 0.3) is 0 Å². The third kappa shape index (κ3) is 3.80. The first-order valence-corrected chi connectivity index (χ1v) is 4.79. The van der Waals surface area contributed by atoms with E-state index in [1.807, 2.05) is 0 Å².